The number of halogens is 1. The minimum atomic E-state index is -0.394. The number of amides is 2. The van der Waals surface area contributed by atoms with Crippen LogP contribution in [0.25, 0.3) is 0 Å². The fourth-order valence-corrected chi connectivity index (χ4v) is 7.19. The summed E-state index contributed by atoms with van der Waals surface area (Å²) in [5.74, 6) is -0.358. The van der Waals surface area contributed by atoms with Crippen LogP contribution in [0.1, 0.15) is 56.0 Å². The number of carbonyl (C=O) groups is 3. The topological polar surface area (TPSA) is 84.5 Å². The molecule has 210 valence electrons. The van der Waals surface area contributed by atoms with E-state index in [0.717, 1.165) is 34.6 Å². The van der Waals surface area contributed by atoms with Crippen LogP contribution in [-0.2, 0) is 22.4 Å². The van der Waals surface area contributed by atoms with E-state index in [9.17, 15) is 14.4 Å². The van der Waals surface area contributed by atoms with E-state index in [1.54, 1.807) is 37.3 Å². The molecule has 0 radical (unpaired) electrons. The summed E-state index contributed by atoms with van der Waals surface area (Å²) in [5.41, 5.74) is 3.84. The molecule has 1 heterocycles. The summed E-state index contributed by atoms with van der Waals surface area (Å²) in [6, 6.07) is 24.5. The molecular formula is C32H29ClN2O4S2. The van der Waals surface area contributed by atoms with Gasteiger partial charge in [0.15, 0.2) is 0 Å². The number of thiophene rings is 1. The highest BCUT2D eigenvalue weighted by Crippen LogP contribution is 2.43. The zero-order valence-electron chi connectivity index (χ0n) is 22.4. The number of hydrogen-bond acceptors (Lipinski definition) is 6. The van der Waals surface area contributed by atoms with Crippen molar-refractivity contribution >= 4 is 63.2 Å². The molecule has 0 fully saturated rings. The molecule has 6 nitrogen and oxygen atoms in total. The summed E-state index contributed by atoms with van der Waals surface area (Å²) >= 11 is 8.83. The molecular weight excluding hydrogens is 576 g/mol. The Kier molecular flexibility index (Phi) is 9.44. The molecule has 2 amide bonds. The van der Waals surface area contributed by atoms with Gasteiger partial charge in [-0.1, -0.05) is 54.1 Å². The number of rotatable bonds is 9. The second kappa shape index (κ2) is 13.4. The maximum atomic E-state index is 13.0. The summed E-state index contributed by atoms with van der Waals surface area (Å²) in [6.45, 7) is 2.05. The van der Waals surface area contributed by atoms with Crippen LogP contribution in [0.4, 0.5) is 10.7 Å². The molecule has 0 saturated carbocycles. The van der Waals surface area contributed by atoms with Crippen molar-refractivity contribution in [3.63, 3.8) is 0 Å². The SMILES string of the molecule is CCOC(=O)c1c(NC(=O)CSc2cccc(NC(=O)c3cccc(Cl)c3)c2)sc2c1CCC(c1ccccc1)C2. The zero-order chi connectivity index (χ0) is 28.8. The Balaban J connectivity index is 1.25. The summed E-state index contributed by atoms with van der Waals surface area (Å²) in [5, 5.41) is 6.89. The standard InChI is InChI=1S/C32H29ClN2O4S2/c1-2-39-32(38)29-26-15-14-21(20-8-4-3-5-9-20)17-27(26)41-31(29)35-28(36)19-40-25-13-7-12-24(18-25)34-30(37)22-10-6-11-23(33)16-22/h3-13,16,18,21H,2,14-15,17,19H2,1H3,(H,34,37)(H,35,36). The molecule has 0 aliphatic heterocycles. The normalized spacial score (nSPS) is 14.1. The van der Waals surface area contributed by atoms with Gasteiger partial charge in [0.1, 0.15) is 5.00 Å². The molecule has 2 N–H and O–H groups in total. The molecule has 1 unspecified atom stereocenters. The number of thioether (sulfide) groups is 1. The van der Waals surface area contributed by atoms with E-state index in [1.807, 2.05) is 24.3 Å². The van der Waals surface area contributed by atoms with Crippen LogP contribution < -0.4 is 10.6 Å². The highest BCUT2D eigenvalue weighted by molar-refractivity contribution is 8.00. The lowest BCUT2D eigenvalue weighted by atomic mass is 9.83. The minimum absolute atomic E-state index is 0.142. The molecule has 0 spiro atoms. The van der Waals surface area contributed by atoms with Gasteiger partial charge in [0.2, 0.25) is 5.91 Å². The van der Waals surface area contributed by atoms with E-state index in [0.29, 0.717) is 32.8 Å². The van der Waals surface area contributed by atoms with Crippen molar-refractivity contribution in [3.8, 4) is 0 Å². The summed E-state index contributed by atoms with van der Waals surface area (Å²) in [4.78, 5) is 40.5. The Morgan fingerprint density at radius 1 is 1.00 bits per heavy atom. The Hall–Kier alpha value is -3.59. The van der Waals surface area contributed by atoms with Crippen molar-refractivity contribution in [2.45, 2.75) is 37.0 Å². The summed E-state index contributed by atoms with van der Waals surface area (Å²) in [6.07, 6.45) is 2.53. The van der Waals surface area contributed by atoms with Gasteiger partial charge in [-0.15, -0.1) is 23.1 Å². The van der Waals surface area contributed by atoms with Crippen LogP contribution in [-0.4, -0.2) is 30.1 Å². The van der Waals surface area contributed by atoms with Crippen LogP contribution in [0.3, 0.4) is 0 Å². The van der Waals surface area contributed by atoms with Crippen LogP contribution in [0, 0.1) is 0 Å². The van der Waals surface area contributed by atoms with Gasteiger partial charge in [0.05, 0.1) is 17.9 Å². The van der Waals surface area contributed by atoms with E-state index in [2.05, 4.69) is 34.9 Å². The van der Waals surface area contributed by atoms with Crippen molar-refractivity contribution in [1.29, 1.82) is 0 Å². The molecule has 3 aromatic carbocycles. The number of esters is 1. The van der Waals surface area contributed by atoms with Gasteiger partial charge < -0.3 is 15.4 Å². The second-order valence-electron chi connectivity index (χ2n) is 9.61. The van der Waals surface area contributed by atoms with Gasteiger partial charge in [-0.2, -0.15) is 0 Å². The number of hydrogen-bond donors (Lipinski definition) is 2. The molecule has 0 saturated heterocycles. The first-order valence-corrected chi connectivity index (χ1v) is 15.6. The Bertz CT molecular complexity index is 1570. The van der Waals surface area contributed by atoms with Gasteiger partial charge in [0.25, 0.3) is 5.91 Å². The van der Waals surface area contributed by atoms with E-state index in [1.165, 1.54) is 28.7 Å². The number of carbonyl (C=O) groups excluding carboxylic acids is 3. The predicted molar refractivity (Wildman–Crippen MR) is 167 cm³/mol. The van der Waals surface area contributed by atoms with Crippen molar-refractivity contribution in [2.75, 3.05) is 23.0 Å². The van der Waals surface area contributed by atoms with Gasteiger partial charge in [-0.25, -0.2) is 4.79 Å². The van der Waals surface area contributed by atoms with Gasteiger partial charge in [0, 0.05) is 26.0 Å². The average molecular weight is 605 g/mol. The number of benzene rings is 3. The van der Waals surface area contributed by atoms with E-state index >= 15 is 0 Å². The third-order valence-corrected chi connectivity index (χ3v) is 9.22. The highest BCUT2D eigenvalue weighted by atomic mass is 35.5. The number of anilines is 2. The van der Waals surface area contributed by atoms with Crippen molar-refractivity contribution in [3.05, 3.63) is 111 Å². The van der Waals surface area contributed by atoms with E-state index in [-0.39, 0.29) is 24.2 Å². The van der Waals surface area contributed by atoms with Crippen LogP contribution >= 0.6 is 34.7 Å². The summed E-state index contributed by atoms with van der Waals surface area (Å²) < 4.78 is 5.37. The number of ether oxygens (including phenoxy) is 1. The largest absolute Gasteiger partial charge is 0.462 e. The first kappa shape index (κ1) is 28.9. The second-order valence-corrected chi connectivity index (χ2v) is 12.2. The molecule has 5 rings (SSSR count). The smallest absolute Gasteiger partial charge is 0.341 e. The van der Waals surface area contributed by atoms with E-state index in [4.69, 9.17) is 16.3 Å². The fourth-order valence-electron chi connectivity index (χ4n) is 4.91. The number of nitrogens with one attached hydrogen (secondary N) is 2. The van der Waals surface area contributed by atoms with Gasteiger partial charge in [-0.05, 0) is 79.6 Å². The molecule has 1 aromatic heterocycles. The molecule has 1 atom stereocenters. The monoisotopic (exact) mass is 604 g/mol. The zero-order valence-corrected chi connectivity index (χ0v) is 24.8. The van der Waals surface area contributed by atoms with Crippen LogP contribution in [0.15, 0.2) is 83.8 Å². The number of fused-ring (bicyclic) bond motifs is 1. The molecule has 4 aromatic rings. The van der Waals surface area contributed by atoms with Crippen LogP contribution in [0.5, 0.6) is 0 Å². The van der Waals surface area contributed by atoms with Gasteiger partial charge >= 0.3 is 5.97 Å². The Labute approximate surface area is 252 Å². The molecule has 41 heavy (non-hydrogen) atoms. The van der Waals surface area contributed by atoms with Gasteiger partial charge in [-0.3, -0.25) is 9.59 Å². The lowest BCUT2D eigenvalue weighted by Crippen LogP contribution is -2.18. The van der Waals surface area contributed by atoms with Crippen molar-refractivity contribution in [2.24, 2.45) is 0 Å². The first-order chi connectivity index (χ1) is 19.9. The van der Waals surface area contributed by atoms with Crippen molar-refractivity contribution in [1.82, 2.24) is 0 Å². The highest BCUT2D eigenvalue weighted by Gasteiger charge is 2.30. The maximum absolute atomic E-state index is 13.0. The minimum Gasteiger partial charge on any atom is -0.462 e. The fraction of sp³-hybridized carbons (Fsp3) is 0.219. The molecule has 1 aliphatic carbocycles. The quantitative estimate of drug-likeness (QED) is 0.150. The Morgan fingerprint density at radius 2 is 1.80 bits per heavy atom. The van der Waals surface area contributed by atoms with Crippen LogP contribution in [0.2, 0.25) is 5.02 Å². The lowest BCUT2D eigenvalue weighted by Gasteiger charge is -2.23. The third-order valence-electron chi connectivity index (χ3n) is 6.82. The lowest BCUT2D eigenvalue weighted by molar-refractivity contribution is -0.113. The predicted octanol–water partition coefficient (Wildman–Crippen LogP) is 7.83. The molecule has 0 bridgehead atoms. The molecule has 9 heteroatoms. The Morgan fingerprint density at radius 3 is 2.59 bits per heavy atom. The first-order valence-electron chi connectivity index (χ1n) is 13.4. The van der Waals surface area contributed by atoms with E-state index < -0.39 is 5.97 Å². The summed E-state index contributed by atoms with van der Waals surface area (Å²) in [7, 11) is 0. The molecule has 1 aliphatic rings. The maximum Gasteiger partial charge on any atom is 0.341 e. The average Bonchev–Trinajstić information content (AvgIpc) is 3.34. The third kappa shape index (κ3) is 7.19. The van der Waals surface area contributed by atoms with Crippen molar-refractivity contribution < 1.29 is 19.1 Å².